The van der Waals surface area contributed by atoms with Crippen LogP contribution in [-0.2, 0) is 12.0 Å². The highest BCUT2D eigenvalue weighted by Crippen LogP contribution is 2.54. The SMILES string of the molecule is CC1(C)c2cc(-c3ccccc3NC(N)=NCc3ccccc3)ccc2-c2ccc(-c3cccc4c3OC3(C)C=CC=CC43)cc21. The molecule has 0 radical (unpaired) electrons. The van der Waals surface area contributed by atoms with Crippen LogP contribution in [0.15, 0.2) is 138 Å². The zero-order valence-corrected chi connectivity index (χ0v) is 26.4. The molecule has 2 atom stereocenters. The van der Waals surface area contributed by atoms with Gasteiger partial charge in [0.15, 0.2) is 5.96 Å². The van der Waals surface area contributed by atoms with E-state index in [0.29, 0.717) is 12.5 Å². The maximum absolute atomic E-state index is 6.70. The molecule has 0 aromatic heterocycles. The Kier molecular flexibility index (Phi) is 6.50. The number of para-hydroxylation sites is 2. The van der Waals surface area contributed by atoms with Gasteiger partial charge in [0.2, 0.25) is 0 Å². The minimum absolute atomic E-state index is 0.181. The van der Waals surface area contributed by atoms with E-state index in [-0.39, 0.29) is 16.9 Å². The number of anilines is 1. The van der Waals surface area contributed by atoms with Crippen LogP contribution >= 0.6 is 0 Å². The number of guanidine groups is 1. The van der Waals surface area contributed by atoms with E-state index >= 15 is 0 Å². The number of aliphatic imine (C=N–C) groups is 1. The van der Waals surface area contributed by atoms with Crippen molar-refractivity contribution in [2.45, 2.75) is 44.2 Å². The molecule has 0 amide bonds. The van der Waals surface area contributed by atoms with Crippen LogP contribution in [0.4, 0.5) is 5.69 Å². The van der Waals surface area contributed by atoms with E-state index in [9.17, 15) is 0 Å². The molecule has 0 spiro atoms. The number of nitrogens with one attached hydrogen (secondary N) is 1. The highest BCUT2D eigenvalue weighted by Gasteiger charge is 2.44. The van der Waals surface area contributed by atoms with Gasteiger partial charge in [-0.25, -0.2) is 4.99 Å². The minimum Gasteiger partial charge on any atom is -0.482 e. The quantitative estimate of drug-likeness (QED) is 0.156. The lowest BCUT2D eigenvalue weighted by atomic mass is 9.80. The van der Waals surface area contributed by atoms with Gasteiger partial charge in [-0.3, -0.25) is 0 Å². The molecule has 226 valence electrons. The van der Waals surface area contributed by atoms with Crippen molar-refractivity contribution in [2.24, 2.45) is 10.7 Å². The molecule has 5 aromatic rings. The average Bonchev–Trinajstić information content (AvgIpc) is 3.51. The number of nitrogens with zero attached hydrogens (tertiary/aromatic N) is 1. The Balaban J connectivity index is 1.12. The second kappa shape index (κ2) is 10.6. The zero-order chi connectivity index (χ0) is 31.5. The molecule has 1 aliphatic heterocycles. The molecule has 0 fully saturated rings. The van der Waals surface area contributed by atoms with E-state index in [1.165, 1.54) is 33.4 Å². The van der Waals surface area contributed by atoms with Crippen LogP contribution in [0, 0.1) is 0 Å². The average molecular weight is 600 g/mol. The number of rotatable bonds is 5. The third kappa shape index (κ3) is 4.56. The molecule has 0 saturated heterocycles. The van der Waals surface area contributed by atoms with Crippen molar-refractivity contribution >= 4 is 11.6 Å². The summed E-state index contributed by atoms with van der Waals surface area (Å²) in [6, 6.07) is 38.8. The monoisotopic (exact) mass is 599 g/mol. The number of fused-ring (bicyclic) bond motifs is 6. The van der Waals surface area contributed by atoms with Crippen LogP contribution in [0.1, 0.15) is 48.9 Å². The highest BCUT2D eigenvalue weighted by molar-refractivity contribution is 5.97. The first-order valence-corrected chi connectivity index (χ1v) is 16.0. The Bertz CT molecular complexity index is 2090. The molecular formula is C42H37N3O. The summed E-state index contributed by atoms with van der Waals surface area (Å²) in [5.74, 6) is 1.62. The Morgan fingerprint density at radius 2 is 1.41 bits per heavy atom. The molecule has 4 nitrogen and oxygen atoms in total. The van der Waals surface area contributed by atoms with Crippen molar-refractivity contribution in [3.8, 4) is 39.1 Å². The number of benzene rings is 5. The molecule has 5 aromatic carbocycles. The van der Waals surface area contributed by atoms with E-state index in [0.717, 1.165) is 33.7 Å². The second-order valence-corrected chi connectivity index (χ2v) is 13.2. The summed E-state index contributed by atoms with van der Waals surface area (Å²) in [6.07, 6.45) is 8.66. The highest BCUT2D eigenvalue weighted by atomic mass is 16.5. The Hall–Kier alpha value is -5.35. The normalized spacial score (nSPS) is 20.0. The number of hydrogen-bond acceptors (Lipinski definition) is 2. The molecule has 1 heterocycles. The molecule has 4 heteroatoms. The first kappa shape index (κ1) is 28.1. The topological polar surface area (TPSA) is 59.6 Å². The van der Waals surface area contributed by atoms with Gasteiger partial charge < -0.3 is 15.8 Å². The van der Waals surface area contributed by atoms with Gasteiger partial charge in [0.25, 0.3) is 0 Å². The lowest BCUT2D eigenvalue weighted by molar-refractivity contribution is 0.156. The van der Waals surface area contributed by atoms with Crippen LogP contribution in [0.3, 0.4) is 0 Å². The molecular weight excluding hydrogens is 562 g/mol. The summed E-state index contributed by atoms with van der Waals surface area (Å²) < 4.78 is 6.70. The van der Waals surface area contributed by atoms with Crippen LogP contribution in [0.2, 0.25) is 0 Å². The predicted octanol–water partition coefficient (Wildman–Crippen LogP) is 9.61. The predicted molar refractivity (Wildman–Crippen MR) is 190 cm³/mol. The smallest absolute Gasteiger partial charge is 0.193 e. The van der Waals surface area contributed by atoms with Gasteiger partial charge in [-0.05, 0) is 70.1 Å². The third-order valence-electron chi connectivity index (χ3n) is 9.92. The molecule has 2 unspecified atom stereocenters. The Morgan fingerprint density at radius 3 is 2.17 bits per heavy atom. The summed E-state index contributed by atoms with van der Waals surface area (Å²) >= 11 is 0. The molecule has 3 N–H and O–H groups in total. The largest absolute Gasteiger partial charge is 0.482 e. The van der Waals surface area contributed by atoms with Crippen molar-refractivity contribution in [3.63, 3.8) is 0 Å². The van der Waals surface area contributed by atoms with Crippen molar-refractivity contribution in [1.82, 2.24) is 0 Å². The fourth-order valence-corrected chi connectivity index (χ4v) is 7.44. The molecule has 3 aliphatic rings. The van der Waals surface area contributed by atoms with Gasteiger partial charge in [0.05, 0.1) is 6.54 Å². The van der Waals surface area contributed by atoms with Gasteiger partial charge in [0, 0.05) is 33.7 Å². The van der Waals surface area contributed by atoms with E-state index in [4.69, 9.17) is 10.5 Å². The van der Waals surface area contributed by atoms with Gasteiger partial charge in [-0.15, -0.1) is 0 Å². The van der Waals surface area contributed by atoms with Crippen molar-refractivity contribution < 1.29 is 4.74 Å². The fourth-order valence-electron chi connectivity index (χ4n) is 7.44. The van der Waals surface area contributed by atoms with Crippen molar-refractivity contribution in [2.75, 3.05) is 5.32 Å². The van der Waals surface area contributed by atoms with Crippen LogP contribution in [0.5, 0.6) is 5.75 Å². The second-order valence-electron chi connectivity index (χ2n) is 13.2. The molecule has 46 heavy (non-hydrogen) atoms. The molecule has 0 saturated carbocycles. The summed E-state index contributed by atoms with van der Waals surface area (Å²) in [5, 5.41) is 3.36. The van der Waals surface area contributed by atoms with Gasteiger partial charge in [-0.2, -0.15) is 0 Å². The van der Waals surface area contributed by atoms with E-state index in [1.807, 2.05) is 24.3 Å². The Morgan fingerprint density at radius 1 is 0.739 bits per heavy atom. The first-order valence-electron chi connectivity index (χ1n) is 16.0. The van der Waals surface area contributed by atoms with E-state index < -0.39 is 0 Å². The zero-order valence-electron chi connectivity index (χ0n) is 26.4. The standard InChI is InChI=1S/C42H37N3O/c1-41(2)36-24-28(30-14-7-8-18-38(30)45-40(43)44-26-27-12-5-4-6-13-27)19-21-32(36)33-22-20-29(25-37(33)41)31-15-11-16-34-35-17-9-10-23-42(35,3)46-39(31)34/h4-25,35H,26H2,1-3H3,(H3,43,44,45). The first-order chi connectivity index (χ1) is 22.3. The lowest BCUT2D eigenvalue weighted by Crippen LogP contribution is -2.32. The van der Waals surface area contributed by atoms with E-state index in [1.54, 1.807) is 0 Å². The number of ether oxygens (including phenoxy) is 1. The number of allylic oxidation sites excluding steroid dienone is 2. The van der Waals surface area contributed by atoms with Crippen LogP contribution < -0.4 is 15.8 Å². The molecule has 0 bridgehead atoms. The fraction of sp³-hybridized carbons (Fsp3) is 0.167. The summed E-state index contributed by atoms with van der Waals surface area (Å²) in [7, 11) is 0. The number of nitrogens with two attached hydrogens (primary N) is 1. The van der Waals surface area contributed by atoms with Crippen LogP contribution in [0.25, 0.3) is 33.4 Å². The van der Waals surface area contributed by atoms with Gasteiger partial charge >= 0.3 is 0 Å². The Labute approximate surface area is 271 Å². The maximum Gasteiger partial charge on any atom is 0.193 e. The lowest BCUT2D eigenvalue weighted by Gasteiger charge is -2.27. The van der Waals surface area contributed by atoms with Gasteiger partial charge in [0.1, 0.15) is 11.4 Å². The van der Waals surface area contributed by atoms with E-state index in [2.05, 4.69) is 140 Å². The summed E-state index contributed by atoms with van der Waals surface area (Å²) in [5.41, 5.74) is 18.9. The number of hydrogen-bond donors (Lipinski definition) is 2. The maximum atomic E-state index is 6.70. The van der Waals surface area contributed by atoms with Crippen molar-refractivity contribution in [1.29, 1.82) is 0 Å². The molecule has 2 aliphatic carbocycles. The minimum atomic E-state index is -0.348. The van der Waals surface area contributed by atoms with Gasteiger partial charge in [-0.1, -0.05) is 123 Å². The third-order valence-corrected chi connectivity index (χ3v) is 9.92. The van der Waals surface area contributed by atoms with Crippen LogP contribution in [-0.4, -0.2) is 11.6 Å². The summed E-state index contributed by atoms with van der Waals surface area (Å²) in [6.45, 7) is 7.38. The van der Waals surface area contributed by atoms with Crippen molar-refractivity contribution in [3.05, 3.63) is 156 Å². The molecule has 8 rings (SSSR count). The summed E-state index contributed by atoms with van der Waals surface area (Å²) in [4.78, 5) is 4.58.